The molecule has 2 rings (SSSR count). The van der Waals surface area contributed by atoms with E-state index in [2.05, 4.69) is 0 Å². The zero-order valence-electron chi connectivity index (χ0n) is 11.3. The first-order valence-electron chi connectivity index (χ1n) is 6.70. The normalized spacial score (nSPS) is 18.7. The van der Waals surface area contributed by atoms with Crippen LogP contribution in [-0.2, 0) is 16.3 Å². The number of sulfone groups is 1. The third kappa shape index (κ3) is 3.70. The molecule has 0 aromatic heterocycles. The summed E-state index contributed by atoms with van der Waals surface area (Å²) in [7, 11) is -3.17. The number of hydrogen-bond donors (Lipinski definition) is 1. The number of unbranched alkanes of at least 4 members (excludes halogenated alkanes) is 1. The number of nitrogens with two attached hydrogens (primary N) is 1. The van der Waals surface area contributed by atoms with Gasteiger partial charge in [-0.2, -0.15) is 0 Å². The van der Waals surface area contributed by atoms with Crippen LogP contribution in [0.25, 0.3) is 0 Å². The maximum Gasteiger partial charge on any atom is 0.175 e. The van der Waals surface area contributed by atoms with Gasteiger partial charge in [-0.3, -0.25) is 0 Å². The first kappa shape index (κ1) is 14.3. The molecule has 0 saturated heterocycles. The Kier molecular flexibility index (Phi) is 4.47. The lowest BCUT2D eigenvalue weighted by molar-refractivity contribution is 0.160. The van der Waals surface area contributed by atoms with Gasteiger partial charge in [0.25, 0.3) is 0 Å². The van der Waals surface area contributed by atoms with Crippen LogP contribution in [0.3, 0.4) is 0 Å². The predicted octanol–water partition coefficient (Wildman–Crippen LogP) is 1.91. The van der Waals surface area contributed by atoms with Crippen molar-refractivity contribution in [1.29, 1.82) is 0 Å². The summed E-state index contributed by atoms with van der Waals surface area (Å²) in [5.74, 6) is 0.729. The highest BCUT2D eigenvalue weighted by molar-refractivity contribution is 7.90. The van der Waals surface area contributed by atoms with E-state index in [1.54, 1.807) is 12.1 Å². The van der Waals surface area contributed by atoms with Crippen molar-refractivity contribution in [3.8, 4) is 5.75 Å². The minimum atomic E-state index is -3.17. The molecule has 5 heteroatoms. The summed E-state index contributed by atoms with van der Waals surface area (Å²) in [6, 6.07) is 5.17. The molecule has 2 N–H and O–H groups in total. The van der Waals surface area contributed by atoms with Crippen molar-refractivity contribution in [2.45, 2.75) is 43.1 Å². The maximum atomic E-state index is 11.5. The molecule has 1 unspecified atom stereocenters. The second kappa shape index (κ2) is 5.92. The summed E-state index contributed by atoms with van der Waals surface area (Å²) in [6.45, 7) is 0.710. The quantitative estimate of drug-likeness (QED) is 0.838. The first-order chi connectivity index (χ1) is 9.00. The van der Waals surface area contributed by atoms with E-state index in [1.807, 2.05) is 6.07 Å². The second-order valence-corrected chi connectivity index (χ2v) is 7.12. The van der Waals surface area contributed by atoms with Crippen molar-refractivity contribution in [1.82, 2.24) is 0 Å². The number of benzene rings is 1. The van der Waals surface area contributed by atoms with Gasteiger partial charge in [-0.1, -0.05) is 6.07 Å². The maximum absolute atomic E-state index is 11.5. The summed E-state index contributed by atoms with van der Waals surface area (Å²) in [5, 5.41) is 0. The summed E-state index contributed by atoms with van der Waals surface area (Å²) < 4.78 is 29.0. The molecule has 1 aromatic carbocycles. The van der Waals surface area contributed by atoms with Crippen molar-refractivity contribution in [2.24, 2.45) is 5.73 Å². The lowest BCUT2D eigenvalue weighted by Gasteiger charge is -2.26. The molecular weight excluding hydrogens is 262 g/mol. The van der Waals surface area contributed by atoms with Crippen LogP contribution in [-0.4, -0.2) is 27.3 Å². The van der Waals surface area contributed by atoms with Gasteiger partial charge < -0.3 is 10.5 Å². The molecule has 1 heterocycles. The molecule has 0 radical (unpaired) electrons. The highest BCUT2D eigenvalue weighted by Crippen LogP contribution is 2.31. The van der Waals surface area contributed by atoms with Crippen LogP contribution in [0.2, 0.25) is 0 Å². The van der Waals surface area contributed by atoms with Gasteiger partial charge >= 0.3 is 0 Å². The fourth-order valence-corrected chi connectivity index (χ4v) is 2.99. The van der Waals surface area contributed by atoms with Crippen LogP contribution in [0.1, 0.15) is 31.2 Å². The van der Waals surface area contributed by atoms with E-state index in [9.17, 15) is 8.42 Å². The molecule has 1 aromatic rings. The van der Waals surface area contributed by atoms with Gasteiger partial charge in [0.1, 0.15) is 5.75 Å². The minimum Gasteiger partial charge on any atom is -0.490 e. The first-order valence-corrected chi connectivity index (χ1v) is 8.59. The second-order valence-electron chi connectivity index (χ2n) is 5.10. The van der Waals surface area contributed by atoms with Crippen molar-refractivity contribution < 1.29 is 13.2 Å². The Hall–Kier alpha value is -1.07. The standard InChI is InChI=1S/C14H21NO3S/c1-19(16,17)13-8-6-11-5-7-12(4-2-3-9-15)18-14(11)10-13/h6,8,10,12H,2-5,7,9,15H2,1H3. The zero-order chi connectivity index (χ0) is 13.9. The molecule has 0 fully saturated rings. The molecule has 1 atom stereocenters. The Labute approximate surface area is 114 Å². The van der Waals surface area contributed by atoms with Gasteiger partial charge in [-0.05, 0) is 56.3 Å². The van der Waals surface area contributed by atoms with Crippen molar-refractivity contribution in [3.63, 3.8) is 0 Å². The molecule has 0 spiro atoms. The fourth-order valence-electron chi connectivity index (χ4n) is 2.36. The van der Waals surface area contributed by atoms with E-state index in [4.69, 9.17) is 10.5 Å². The zero-order valence-corrected chi connectivity index (χ0v) is 12.1. The van der Waals surface area contributed by atoms with Crippen LogP contribution in [0.5, 0.6) is 5.75 Å². The lowest BCUT2D eigenvalue weighted by Crippen LogP contribution is -2.23. The van der Waals surface area contributed by atoms with Crippen LogP contribution in [0, 0.1) is 0 Å². The molecule has 0 saturated carbocycles. The Balaban J connectivity index is 2.10. The number of aryl methyl sites for hydroxylation is 1. The largest absolute Gasteiger partial charge is 0.490 e. The Morgan fingerprint density at radius 1 is 1.37 bits per heavy atom. The van der Waals surface area contributed by atoms with Gasteiger partial charge in [-0.15, -0.1) is 0 Å². The van der Waals surface area contributed by atoms with Gasteiger partial charge in [0.05, 0.1) is 11.0 Å². The van der Waals surface area contributed by atoms with Crippen LogP contribution >= 0.6 is 0 Å². The van der Waals surface area contributed by atoms with Gasteiger partial charge in [0, 0.05) is 6.26 Å². The average molecular weight is 283 g/mol. The lowest BCUT2D eigenvalue weighted by atomic mass is 9.99. The predicted molar refractivity (Wildman–Crippen MR) is 75.2 cm³/mol. The number of rotatable bonds is 5. The Morgan fingerprint density at radius 2 is 2.16 bits per heavy atom. The highest BCUT2D eigenvalue weighted by atomic mass is 32.2. The molecule has 19 heavy (non-hydrogen) atoms. The number of fused-ring (bicyclic) bond motifs is 1. The fraction of sp³-hybridized carbons (Fsp3) is 0.571. The third-order valence-corrected chi connectivity index (χ3v) is 4.59. The van der Waals surface area contributed by atoms with Gasteiger partial charge in [-0.25, -0.2) is 8.42 Å². The topological polar surface area (TPSA) is 69.4 Å². The third-order valence-electron chi connectivity index (χ3n) is 3.48. The molecule has 106 valence electrons. The molecule has 1 aliphatic heterocycles. The van der Waals surface area contributed by atoms with Crippen molar-refractivity contribution in [2.75, 3.05) is 12.8 Å². The molecular formula is C14H21NO3S. The highest BCUT2D eigenvalue weighted by Gasteiger charge is 2.21. The van der Waals surface area contributed by atoms with E-state index in [-0.39, 0.29) is 6.10 Å². The van der Waals surface area contributed by atoms with E-state index in [0.29, 0.717) is 11.4 Å². The smallest absolute Gasteiger partial charge is 0.175 e. The van der Waals surface area contributed by atoms with Crippen LogP contribution in [0.15, 0.2) is 23.1 Å². The van der Waals surface area contributed by atoms with Crippen molar-refractivity contribution in [3.05, 3.63) is 23.8 Å². The molecule has 0 bridgehead atoms. The summed E-state index contributed by atoms with van der Waals surface area (Å²) in [5.41, 5.74) is 6.58. The molecule has 0 amide bonds. The SMILES string of the molecule is CS(=O)(=O)c1ccc2c(c1)OC(CCCCN)CC2. The Morgan fingerprint density at radius 3 is 2.84 bits per heavy atom. The average Bonchev–Trinajstić information content (AvgIpc) is 2.37. The van der Waals surface area contributed by atoms with E-state index < -0.39 is 9.84 Å². The van der Waals surface area contributed by atoms with Crippen LogP contribution < -0.4 is 10.5 Å². The summed E-state index contributed by atoms with van der Waals surface area (Å²) >= 11 is 0. The number of hydrogen-bond acceptors (Lipinski definition) is 4. The van der Waals surface area contributed by atoms with Crippen LogP contribution in [0.4, 0.5) is 0 Å². The van der Waals surface area contributed by atoms with Crippen molar-refractivity contribution >= 4 is 9.84 Å². The van der Waals surface area contributed by atoms with E-state index in [1.165, 1.54) is 6.26 Å². The summed E-state index contributed by atoms with van der Waals surface area (Å²) in [6.07, 6.45) is 6.41. The van der Waals surface area contributed by atoms with Gasteiger partial charge in [0.15, 0.2) is 9.84 Å². The molecule has 1 aliphatic rings. The minimum absolute atomic E-state index is 0.189. The molecule has 0 aliphatic carbocycles. The monoisotopic (exact) mass is 283 g/mol. The summed E-state index contributed by atoms with van der Waals surface area (Å²) in [4.78, 5) is 0.328. The number of ether oxygens (including phenoxy) is 1. The van der Waals surface area contributed by atoms with E-state index >= 15 is 0 Å². The molecule has 4 nitrogen and oxygen atoms in total. The Bertz CT molecular complexity index is 540. The van der Waals surface area contributed by atoms with E-state index in [0.717, 1.165) is 43.4 Å². The van der Waals surface area contributed by atoms with Gasteiger partial charge in [0.2, 0.25) is 0 Å².